The van der Waals surface area contributed by atoms with E-state index in [-0.39, 0.29) is 11.3 Å². The van der Waals surface area contributed by atoms with Crippen LogP contribution in [0.25, 0.3) is 10.9 Å². The summed E-state index contributed by atoms with van der Waals surface area (Å²) in [6.45, 7) is 0.723. The number of alkyl halides is 1. The molecule has 3 aromatic rings. The molecule has 0 bridgehead atoms. The minimum Gasteiger partial charge on any atom is -0.481 e. The summed E-state index contributed by atoms with van der Waals surface area (Å²) < 4.78 is 39.0. The van der Waals surface area contributed by atoms with Crippen LogP contribution in [0.2, 0.25) is 0 Å². The molecule has 2 aromatic carbocycles. The molecule has 212 valence electrons. The number of amides is 1. The van der Waals surface area contributed by atoms with Gasteiger partial charge in [-0.15, -0.1) is 0 Å². The Balaban J connectivity index is 1.28. The van der Waals surface area contributed by atoms with Gasteiger partial charge in [0, 0.05) is 43.7 Å². The summed E-state index contributed by atoms with van der Waals surface area (Å²) in [5, 5.41) is 12.6. The zero-order valence-corrected chi connectivity index (χ0v) is 22.4. The van der Waals surface area contributed by atoms with E-state index in [4.69, 9.17) is 4.74 Å². The highest BCUT2D eigenvalue weighted by atomic mass is 19.2. The predicted molar refractivity (Wildman–Crippen MR) is 145 cm³/mol. The van der Waals surface area contributed by atoms with Crippen LogP contribution in [0.5, 0.6) is 0 Å². The molecule has 5 rings (SSSR count). The fraction of sp³-hybridized carbons (Fsp3) is 0.433. The molecular weight excluding hydrogens is 520 g/mol. The van der Waals surface area contributed by atoms with Crippen molar-refractivity contribution in [1.29, 1.82) is 0 Å². The number of Topliss-reactive ketones (excluding diaryl/α,β-unsaturated/α-hetero) is 1. The number of ether oxygens (including phenoxy) is 1. The van der Waals surface area contributed by atoms with Gasteiger partial charge in [0.1, 0.15) is 5.82 Å². The largest absolute Gasteiger partial charge is 0.481 e. The lowest BCUT2D eigenvalue weighted by Gasteiger charge is -2.37. The van der Waals surface area contributed by atoms with E-state index in [2.05, 4.69) is 5.32 Å². The van der Waals surface area contributed by atoms with Crippen LogP contribution in [-0.2, 0) is 27.8 Å². The average Bonchev–Trinajstić information content (AvgIpc) is 3.60. The molecule has 2 N–H and O–H groups in total. The van der Waals surface area contributed by atoms with Crippen molar-refractivity contribution in [2.45, 2.75) is 57.0 Å². The van der Waals surface area contributed by atoms with Gasteiger partial charge in [0.05, 0.1) is 23.3 Å². The number of hydrogen-bond acceptors (Lipinski definition) is 5. The van der Waals surface area contributed by atoms with Crippen molar-refractivity contribution in [1.82, 2.24) is 9.47 Å². The maximum atomic E-state index is 16.4. The summed E-state index contributed by atoms with van der Waals surface area (Å²) in [6, 6.07) is 11.4. The van der Waals surface area contributed by atoms with E-state index in [9.17, 15) is 19.5 Å². The molecule has 1 saturated heterocycles. The summed E-state index contributed by atoms with van der Waals surface area (Å²) in [7, 11) is 1.82. The number of aryl methyl sites for hydroxylation is 1. The molecule has 2 heterocycles. The first-order valence-corrected chi connectivity index (χ1v) is 13.7. The van der Waals surface area contributed by atoms with Crippen LogP contribution in [0.4, 0.5) is 14.5 Å². The van der Waals surface area contributed by atoms with E-state index >= 15 is 8.78 Å². The zero-order valence-electron chi connectivity index (χ0n) is 22.4. The van der Waals surface area contributed by atoms with E-state index in [0.717, 1.165) is 29.8 Å². The predicted octanol–water partition coefficient (Wildman–Crippen LogP) is 5.06. The van der Waals surface area contributed by atoms with Gasteiger partial charge in [-0.3, -0.25) is 14.4 Å². The third kappa shape index (κ3) is 5.64. The number of para-hydroxylation sites is 1. The Hall–Kier alpha value is -3.63. The van der Waals surface area contributed by atoms with Crippen molar-refractivity contribution < 1.29 is 33.0 Å². The number of carboxylic acid groups (broad SMARTS) is 1. The molecule has 1 amide bonds. The SMILES string of the molecule is Cn1cc(C(=O)Nc2ccc(CC(=O)C(F)(O[C@H]3CC[C@H](C(=O)O)CC3)N3CCCC3)cc2F)c2ccccc21. The number of ketones is 1. The van der Waals surface area contributed by atoms with Gasteiger partial charge in [-0.2, -0.15) is 4.39 Å². The maximum Gasteiger partial charge on any atom is 0.330 e. The van der Waals surface area contributed by atoms with Crippen LogP contribution in [-0.4, -0.2) is 57.4 Å². The van der Waals surface area contributed by atoms with Crippen LogP contribution in [0.15, 0.2) is 48.7 Å². The Morgan fingerprint density at radius 1 is 1.07 bits per heavy atom. The first kappa shape index (κ1) is 27.9. The number of rotatable bonds is 9. The van der Waals surface area contributed by atoms with Crippen molar-refractivity contribution in [2.75, 3.05) is 18.4 Å². The van der Waals surface area contributed by atoms with Crippen LogP contribution < -0.4 is 5.32 Å². The van der Waals surface area contributed by atoms with Gasteiger partial charge >= 0.3 is 11.9 Å². The molecule has 0 radical (unpaired) electrons. The number of nitrogens with one attached hydrogen (secondary N) is 1. The van der Waals surface area contributed by atoms with E-state index in [1.807, 2.05) is 35.9 Å². The standard InChI is InChI=1S/C30H33F2N3O5/c1-34-18-23(22-6-2-3-7-26(22)34)28(37)33-25-13-8-19(16-24(25)31)17-27(36)30(32,35-14-4-5-15-35)40-21-11-9-20(10-12-21)29(38)39/h2-3,6-8,13,16,18,20-21H,4-5,9-12,14-15,17H2,1H3,(H,33,37)(H,38,39)/t20-,21-,30?. The smallest absolute Gasteiger partial charge is 0.330 e. The Morgan fingerprint density at radius 2 is 1.77 bits per heavy atom. The molecule has 1 aromatic heterocycles. The van der Waals surface area contributed by atoms with E-state index < -0.39 is 47.9 Å². The van der Waals surface area contributed by atoms with E-state index in [1.165, 1.54) is 17.0 Å². The Morgan fingerprint density at radius 3 is 2.45 bits per heavy atom. The topological polar surface area (TPSA) is 101 Å². The average molecular weight is 554 g/mol. The number of carbonyl (C=O) groups is 3. The molecule has 2 aliphatic rings. The number of carboxylic acids is 1. The van der Waals surface area contributed by atoms with Crippen molar-refractivity contribution >= 4 is 34.3 Å². The van der Waals surface area contributed by atoms with Crippen molar-refractivity contribution in [3.05, 3.63) is 65.6 Å². The van der Waals surface area contributed by atoms with Gasteiger partial charge in [-0.05, 0) is 62.3 Å². The van der Waals surface area contributed by atoms with E-state index in [1.54, 1.807) is 6.20 Å². The third-order valence-electron chi connectivity index (χ3n) is 7.99. The number of likely N-dealkylation sites (tertiary alicyclic amines) is 1. The maximum absolute atomic E-state index is 16.4. The van der Waals surface area contributed by atoms with Crippen molar-refractivity contribution in [3.8, 4) is 0 Å². The summed E-state index contributed by atoms with van der Waals surface area (Å²) in [5.41, 5.74) is 1.47. The van der Waals surface area contributed by atoms with Crippen LogP contribution in [0, 0.1) is 11.7 Å². The number of benzene rings is 2. The number of nitrogens with zero attached hydrogens (tertiary/aromatic N) is 2. The Kier molecular flexibility index (Phi) is 8.00. The fourth-order valence-corrected chi connectivity index (χ4v) is 5.75. The lowest BCUT2D eigenvalue weighted by Crippen LogP contribution is -2.54. The molecule has 1 saturated carbocycles. The van der Waals surface area contributed by atoms with Gasteiger partial charge in [-0.25, -0.2) is 9.29 Å². The number of aliphatic carboxylic acids is 1. The number of halogens is 2. The van der Waals surface area contributed by atoms with Gasteiger partial charge in [0.15, 0.2) is 0 Å². The molecule has 10 heteroatoms. The second-order valence-electron chi connectivity index (χ2n) is 10.7. The second kappa shape index (κ2) is 11.5. The first-order valence-electron chi connectivity index (χ1n) is 13.7. The minimum atomic E-state index is -2.67. The van der Waals surface area contributed by atoms with Crippen LogP contribution in [0.1, 0.15) is 54.4 Å². The number of aromatic nitrogens is 1. The molecule has 0 spiro atoms. The molecular formula is C30H33F2N3O5. The van der Waals surface area contributed by atoms with Crippen LogP contribution >= 0.6 is 0 Å². The number of carbonyl (C=O) groups excluding carboxylic acids is 2. The van der Waals surface area contributed by atoms with E-state index in [0.29, 0.717) is 44.3 Å². The lowest BCUT2D eigenvalue weighted by atomic mass is 9.87. The van der Waals surface area contributed by atoms with Crippen molar-refractivity contribution in [3.63, 3.8) is 0 Å². The third-order valence-corrected chi connectivity index (χ3v) is 7.99. The number of fused-ring (bicyclic) bond motifs is 1. The molecule has 1 aliphatic heterocycles. The lowest BCUT2D eigenvalue weighted by molar-refractivity contribution is -0.252. The molecule has 8 nitrogen and oxygen atoms in total. The summed E-state index contributed by atoms with van der Waals surface area (Å²) in [5.74, 6) is -6.07. The zero-order chi connectivity index (χ0) is 28.4. The number of anilines is 1. The first-order chi connectivity index (χ1) is 19.2. The Bertz CT molecular complexity index is 1430. The monoisotopic (exact) mass is 553 g/mol. The van der Waals surface area contributed by atoms with Crippen LogP contribution in [0.3, 0.4) is 0 Å². The fourth-order valence-electron chi connectivity index (χ4n) is 5.75. The van der Waals surface area contributed by atoms with Gasteiger partial charge in [0.25, 0.3) is 5.91 Å². The summed E-state index contributed by atoms with van der Waals surface area (Å²) in [4.78, 5) is 38.9. The molecule has 40 heavy (non-hydrogen) atoms. The highest BCUT2D eigenvalue weighted by Crippen LogP contribution is 2.34. The molecule has 1 atom stereocenters. The second-order valence-corrected chi connectivity index (χ2v) is 10.7. The minimum absolute atomic E-state index is 0.0494. The van der Waals surface area contributed by atoms with Gasteiger partial charge < -0.3 is 19.7 Å². The number of hydrogen-bond donors (Lipinski definition) is 2. The summed E-state index contributed by atoms with van der Waals surface area (Å²) >= 11 is 0. The molecule has 1 unspecified atom stereocenters. The normalized spacial score (nSPS) is 21.3. The molecule has 2 fully saturated rings. The van der Waals surface area contributed by atoms with Gasteiger partial charge in [0.2, 0.25) is 5.78 Å². The highest BCUT2D eigenvalue weighted by Gasteiger charge is 2.48. The van der Waals surface area contributed by atoms with Crippen molar-refractivity contribution in [2.24, 2.45) is 13.0 Å². The quantitative estimate of drug-likeness (QED) is 0.359. The highest BCUT2D eigenvalue weighted by molar-refractivity contribution is 6.13. The Labute approximate surface area is 230 Å². The summed E-state index contributed by atoms with van der Waals surface area (Å²) in [6.07, 6.45) is 3.59. The van der Waals surface area contributed by atoms with Gasteiger partial charge in [-0.1, -0.05) is 24.3 Å². The molecule has 1 aliphatic carbocycles.